The number of hydrogen-bond donors (Lipinski definition) is 2. The molecule has 1 heterocycles. The Labute approximate surface area is 117 Å². The summed E-state index contributed by atoms with van der Waals surface area (Å²) in [7, 11) is 0. The van der Waals surface area contributed by atoms with Gasteiger partial charge in [0, 0.05) is 17.5 Å². The van der Waals surface area contributed by atoms with Crippen LogP contribution >= 0.6 is 12.8 Å². The van der Waals surface area contributed by atoms with E-state index in [0.717, 1.165) is 22.0 Å². The van der Waals surface area contributed by atoms with Crippen molar-refractivity contribution < 1.29 is 5.11 Å². The van der Waals surface area contributed by atoms with E-state index in [1.54, 1.807) is 3.97 Å². The maximum Gasteiger partial charge on any atom is 0.0588 e. The Hall–Kier alpha value is -1.71. The van der Waals surface area contributed by atoms with Crippen molar-refractivity contribution in [3.05, 3.63) is 71.9 Å². The number of rotatable bonds is 3. The molecule has 1 N–H and O–H groups in total. The summed E-state index contributed by atoms with van der Waals surface area (Å²) in [6.07, 6.45) is 1.92. The number of fused-ring (bicyclic) bond motifs is 1. The van der Waals surface area contributed by atoms with Gasteiger partial charge in [-0.15, -0.1) is 0 Å². The highest BCUT2D eigenvalue weighted by Gasteiger charge is 2.13. The standard InChI is InChI=1S/C16H15NOS/c18-11-15(12-4-2-1-3-5-12)13-6-7-16-14(10-13)8-9-17(16)19/h1-10,15,18-19H,11H2. The highest BCUT2D eigenvalue weighted by Crippen LogP contribution is 2.27. The second kappa shape index (κ2) is 5.11. The minimum Gasteiger partial charge on any atom is -0.395 e. The Morgan fingerprint density at radius 1 is 1.00 bits per heavy atom. The number of aliphatic hydroxyl groups excluding tert-OH is 1. The third-order valence-electron chi connectivity index (χ3n) is 3.48. The van der Waals surface area contributed by atoms with E-state index in [2.05, 4.69) is 37.1 Å². The van der Waals surface area contributed by atoms with Crippen LogP contribution in [-0.4, -0.2) is 15.7 Å². The Morgan fingerprint density at radius 3 is 2.53 bits per heavy atom. The number of thiol groups is 1. The second-order valence-electron chi connectivity index (χ2n) is 4.62. The van der Waals surface area contributed by atoms with Crippen molar-refractivity contribution in [1.82, 2.24) is 3.97 Å². The summed E-state index contributed by atoms with van der Waals surface area (Å²) >= 11 is 4.35. The molecule has 1 aromatic heterocycles. The SMILES string of the molecule is OCC(c1ccccc1)c1ccc2c(ccn2S)c1. The van der Waals surface area contributed by atoms with Crippen LogP contribution in [0.2, 0.25) is 0 Å². The van der Waals surface area contributed by atoms with Gasteiger partial charge in [-0.1, -0.05) is 49.2 Å². The summed E-state index contributed by atoms with van der Waals surface area (Å²) in [4.78, 5) is 0. The average molecular weight is 269 g/mol. The molecule has 0 aliphatic heterocycles. The van der Waals surface area contributed by atoms with Gasteiger partial charge in [-0.3, -0.25) is 3.97 Å². The lowest BCUT2D eigenvalue weighted by Gasteiger charge is -2.15. The summed E-state index contributed by atoms with van der Waals surface area (Å²) in [6, 6.07) is 18.3. The minimum atomic E-state index is 0.0221. The van der Waals surface area contributed by atoms with E-state index in [9.17, 15) is 5.11 Å². The second-order valence-corrected chi connectivity index (χ2v) is 5.06. The van der Waals surface area contributed by atoms with Gasteiger partial charge in [0.1, 0.15) is 0 Å². The predicted octanol–water partition coefficient (Wildman–Crippen LogP) is 3.46. The molecule has 3 rings (SSSR count). The average Bonchev–Trinajstić information content (AvgIpc) is 2.82. The molecule has 3 aromatic rings. The molecular formula is C16H15NOS. The molecule has 0 fully saturated rings. The largest absolute Gasteiger partial charge is 0.395 e. The zero-order chi connectivity index (χ0) is 13.2. The predicted molar refractivity (Wildman–Crippen MR) is 81.7 cm³/mol. The molecule has 2 aromatic carbocycles. The van der Waals surface area contributed by atoms with Crippen molar-refractivity contribution in [1.29, 1.82) is 0 Å². The first-order chi connectivity index (χ1) is 9.29. The monoisotopic (exact) mass is 269 g/mol. The van der Waals surface area contributed by atoms with Gasteiger partial charge in [0.15, 0.2) is 0 Å². The first-order valence-electron chi connectivity index (χ1n) is 6.25. The van der Waals surface area contributed by atoms with Gasteiger partial charge in [-0.25, -0.2) is 0 Å². The fraction of sp³-hybridized carbons (Fsp3) is 0.125. The van der Waals surface area contributed by atoms with E-state index in [0.29, 0.717) is 0 Å². The molecule has 0 aliphatic carbocycles. The van der Waals surface area contributed by atoms with E-state index in [4.69, 9.17) is 0 Å². The Kier molecular flexibility index (Phi) is 3.32. The zero-order valence-corrected chi connectivity index (χ0v) is 11.3. The number of nitrogens with zero attached hydrogens (tertiary/aromatic N) is 1. The van der Waals surface area contributed by atoms with Gasteiger partial charge in [-0.2, -0.15) is 0 Å². The van der Waals surface area contributed by atoms with Crippen LogP contribution in [0.4, 0.5) is 0 Å². The third kappa shape index (κ3) is 2.27. The normalized spacial score (nSPS) is 12.7. The molecule has 0 radical (unpaired) electrons. The molecule has 1 unspecified atom stereocenters. The molecule has 0 saturated heterocycles. The Bertz CT molecular complexity index is 690. The number of aromatic nitrogens is 1. The minimum absolute atomic E-state index is 0.0221. The molecule has 0 aliphatic rings. The number of aliphatic hydroxyl groups is 1. The van der Waals surface area contributed by atoms with Crippen LogP contribution in [0.3, 0.4) is 0 Å². The molecular weight excluding hydrogens is 254 g/mol. The van der Waals surface area contributed by atoms with Crippen LogP contribution in [0.5, 0.6) is 0 Å². The fourth-order valence-electron chi connectivity index (χ4n) is 2.45. The van der Waals surface area contributed by atoms with E-state index in [-0.39, 0.29) is 12.5 Å². The number of hydrogen-bond acceptors (Lipinski definition) is 2. The van der Waals surface area contributed by atoms with Crippen LogP contribution in [0, 0.1) is 0 Å². The van der Waals surface area contributed by atoms with E-state index in [1.165, 1.54) is 0 Å². The molecule has 3 heteroatoms. The van der Waals surface area contributed by atoms with Gasteiger partial charge in [0.05, 0.1) is 12.1 Å². The molecule has 1 atom stereocenters. The molecule has 19 heavy (non-hydrogen) atoms. The molecule has 0 bridgehead atoms. The van der Waals surface area contributed by atoms with E-state index >= 15 is 0 Å². The summed E-state index contributed by atoms with van der Waals surface area (Å²) in [5, 5.41) is 10.8. The fourth-order valence-corrected chi connectivity index (χ4v) is 2.70. The first kappa shape index (κ1) is 12.3. The third-order valence-corrected chi connectivity index (χ3v) is 3.83. The van der Waals surface area contributed by atoms with Crippen molar-refractivity contribution in [2.75, 3.05) is 6.61 Å². The van der Waals surface area contributed by atoms with E-state index < -0.39 is 0 Å². The molecule has 0 saturated carbocycles. The maximum atomic E-state index is 9.69. The van der Waals surface area contributed by atoms with Crippen LogP contribution < -0.4 is 0 Å². The lowest BCUT2D eigenvalue weighted by molar-refractivity contribution is 0.280. The maximum absolute atomic E-state index is 9.69. The summed E-state index contributed by atoms with van der Waals surface area (Å²) in [5.74, 6) is 0.0221. The molecule has 0 amide bonds. The summed E-state index contributed by atoms with van der Waals surface area (Å²) < 4.78 is 1.80. The quantitative estimate of drug-likeness (QED) is 0.699. The summed E-state index contributed by atoms with van der Waals surface area (Å²) in [5.41, 5.74) is 3.34. The lowest BCUT2D eigenvalue weighted by atomic mass is 9.91. The van der Waals surface area contributed by atoms with Gasteiger partial charge < -0.3 is 5.11 Å². The Balaban J connectivity index is 2.06. The van der Waals surface area contributed by atoms with Crippen LogP contribution in [0.1, 0.15) is 17.0 Å². The lowest BCUT2D eigenvalue weighted by Crippen LogP contribution is -2.05. The van der Waals surface area contributed by atoms with Gasteiger partial charge in [-0.05, 0) is 29.3 Å². The van der Waals surface area contributed by atoms with Crippen LogP contribution in [0.25, 0.3) is 10.9 Å². The van der Waals surface area contributed by atoms with Gasteiger partial charge in [0.2, 0.25) is 0 Å². The zero-order valence-electron chi connectivity index (χ0n) is 10.4. The first-order valence-corrected chi connectivity index (χ1v) is 6.65. The van der Waals surface area contributed by atoms with Crippen LogP contribution in [0.15, 0.2) is 60.8 Å². The highest BCUT2D eigenvalue weighted by atomic mass is 32.1. The van der Waals surface area contributed by atoms with Gasteiger partial charge in [0.25, 0.3) is 0 Å². The van der Waals surface area contributed by atoms with Crippen molar-refractivity contribution in [2.24, 2.45) is 0 Å². The van der Waals surface area contributed by atoms with Gasteiger partial charge >= 0.3 is 0 Å². The molecule has 96 valence electrons. The summed E-state index contributed by atoms with van der Waals surface area (Å²) in [6.45, 7) is 0.108. The van der Waals surface area contributed by atoms with Crippen LogP contribution in [-0.2, 0) is 0 Å². The van der Waals surface area contributed by atoms with E-state index in [1.807, 2.05) is 36.5 Å². The van der Waals surface area contributed by atoms with Crippen molar-refractivity contribution in [2.45, 2.75) is 5.92 Å². The van der Waals surface area contributed by atoms with Crippen molar-refractivity contribution in [3.63, 3.8) is 0 Å². The van der Waals surface area contributed by atoms with Crippen molar-refractivity contribution in [3.8, 4) is 0 Å². The Morgan fingerprint density at radius 2 is 1.79 bits per heavy atom. The number of benzene rings is 2. The topological polar surface area (TPSA) is 25.2 Å². The molecule has 2 nitrogen and oxygen atoms in total. The molecule has 0 spiro atoms. The van der Waals surface area contributed by atoms with Crippen molar-refractivity contribution >= 4 is 23.7 Å². The smallest absolute Gasteiger partial charge is 0.0588 e. The highest BCUT2D eigenvalue weighted by molar-refractivity contribution is 7.78.